The number of aliphatic carboxylic acids is 1. The van der Waals surface area contributed by atoms with Gasteiger partial charge in [-0.3, -0.25) is 9.59 Å². The lowest BCUT2D eigenvalue weighted by Crippen LogP contribution is -2.16. The van der Waals surface area contributed by atoms with Crippen molar-refractivity contribution in [3.63, 3.8) is 0 Å². The van der Waals surface area contributed by atoms with E-state index in [-0.39, 0.29) is 18.5 Å². The zero-order valence-electron chi connectivity index (χ0n) is 25.7. The molecule has 0 aromatic rings. The number of rotatable bonds is 29. The molecule has 0 saturated carbocycles. The van der Waals surface area contributed by atoms with Crippen LogP contribution in [0.5, 0.6) is 0 Å². The second-order valence-corrected chi connectivity index (χ2v) is 11.0. The third-order valence-electron chi connectivity index (χ3n) is 7.11. The molecule has 0 aromatic carbocycles. The molecule has 0 rings (SSSR count). The summed E-state index contributed by atoms with van der Waals surface area (Å²) in [6, 6.07) is 0. The maximum absolute atomic E-state index is 12.5. The average molecular weight is 547 g/mol. The fourth-order valence-electron chi connectivity index (χ4n) is 4.70. The second-order valence-electron chi connectivity index (χ2n) is 11.0. The first-order valence-electron chi connectivity index (χ1n) is 16.5. The summed E-state index contributed by atoms with van der Waals surface area (Å²) in [5, 5.41) is 8.73. The monoisotopic (exact) mass is 546 g/mol. The number of ether oxygens (including phenoxy) is 1. The van der Waals surface area contributed by atoms with Gasteiger partial charge in [0, 0.05) is 12.8 Å². The van der Waals surface area contributed by atoms with E-state index in [1.54, 1.807) is 0 Å². The van der Waals surface area contributed by atoms with E-state index < -0.39 is 5.97 Å². The third-order valence-corrected chi connectivity index (χ3v) is 7.11. The van der Waals surface area contributed by atoms with E-state index in [4.69, 9.17) is 9.84 Å². The first-order chi connectivity index (χ1) is 19.1. The van der Waals surface area contributed by atoms with E-state index in [9.17, 15) is 9.59 Å². The molecule has 0 spiro atoms. The molecule has 4 nitrogen and oxygen atoms in total. The summed E-state index contributed by atoms with van der Waals surface area (Å²) in [5.41, 5.74) is 0. The number of hydrogen-bond donors (Lipinski definition) is 1. The largest absolute Gasteiger partial charge is 0.481 e. The van der Waals surface area contributed by atoms with Crippen LogP contribution in [0.15, 0.2) is 36.5 Å². The number of carboxylic acid groups (broad SMARTS) is 1. The van der Waals surface area contributed by atoms with Gasteiger partial charge in [0.15, 0.2) is 0 Å². The molecule has 1 N–H and O–H groups in total. The molecule has 0 aromatic heterocycles. The molecule has 39 heavy (non-hydrogen) atoms. The quantitative estimate of drug-likeness (QED) is 0.0575. The molecule has 1 unspecified atom stereocenters. The third kappa shape index (κ3) is 30.6. The molecule has 0 saturated heterocycles. The number of unbranched alkanes of at least 4 members (excludes halogenated alkanes) is 16. The number of carbonyl (C=O) groups is 2. The summed E-state index contributed by atoms with van der Waals surface area (Å²) >= 11 is 0. The van der Waals surface area contributed by atoms with Crippen LogP contribution in [0.25, 0.3) is 0 Å². The van der Waals surface area contributed by atoms with Gasteiger partial charge in [-0.05, 0) is 51.0 Å². The highest BCUT2D eigenvalue weighted by molar-refractivity contribution is 5.69. The van der Waals surface area contributed by atoms with Crippen molar-refractivity contribution in [2.45, 2.75) is 174 Å². The Morgan fingerprint density at radius 3 is 1.59 bits per heavy atom. The Bertz CT molecular complexity index is 635. The van der Waals surface area contributed by atoms with Crippen LogP contribution in [0.2, 0.25) is 0 Å². The van der Waals surface area contributed by atoms with Gasteiger partial charge < -0.3 is 9.84 Å². The van der Waals surface area contributed by atoms with Gasteiger partial charge in [-0.1, -0.05) is 141 Å². The molecular weight excluding hydrogens is 484 g/mol. The lowest BCUT2D eigenvalue weighted by Gasteiger charge is -2.14. The Hall–Kier alpha value is -1.84. The van der Waals surface area contributed by atoms with Crippen LogP contribution >= 0.6 is 0 Å². The first-order valence-corrected chi connectivity index (χ1v) is 16.5. The maximum Gasteiger partial charge on any atom is 0.306 e. The van der Waals surface area contributed by atoms with Crippen molar-refractivity contribution in [3.8, 4) is 0 Å². The van der Waals surface area contributed by atoms with Crippen molar-refractivity contribution in [2.75, 3.05) is 0 Å². The van der Waals surface area contributed by atoms with Crippen LogP contribution in [0.1, 0.15) is 168 Å². The fourth-order valence-corrected chi connectivity index (χ4v) is 4.70. The molecule has 0 aliphatic rings. The summed E-state index contributed by atoms with van der Waals surface area (Å²) in [5.74, 6) is -0.771. The van der Waals surface area contributed by atoms with E-state index in [1.807, 2.05) is 0 Å². The highest BCUT2D eigenvalue weighted by Crippen LogP contribution is 2.15. The van der Waals surface area contributed by atoms with E-state index in [2.05, 4.69) is 50.3 Å². The Morgan fingerprint density at radius 2 is 1.05 bits per heavy atom. The molecule has 0 aliphatic heterocycles. The lowest BCUT2D eigenvalue weighted by molar-refractivity contribution is -0.147. The highest BCUT2D eigenvalue weighted by Gasteiger charge is 2.11. The molecule has 0 amide bonds. The van der Waals surface area contributed by atoms with Gasteiger partial charge in [0.25, 0.3) is 0 Å². The van der Waals surface area contributed by atoms with Crippen LogP contribution in [0, 0.1) is 0 Å². The minimum absolute atomic E-state index is 0.0642. The van der Waals surface area contributed by atoms with Crippen molar-refractivity contribution in [1.29, 1.82) is 0 Å². The smallest absolute Gasteiger partial charge is 0.306 e. The zero-order valence-corrected chi connectivity index (χ0v) is 25.7. The van der Waals surface area contributed by atoms with Crippen LogP contribution < -0.4 is 0 Å². The zero-order chi connectivity index (χ0) is 28.7. The van der Waals surface area contributed by atoms with E-state index in [0.717, 1.165) is 77.0 Å². The average Bonchev–Trinajstić information content (AvgIpc) is 2.91. The molecule has 226 valence electrons. The predicted molar refractivity (Wildman–Crippen MR) is 167 cm³/mol. The second kappa shape index (κ2) is 30.7. The predicted octanol–water partition coefficient (Wildman–Crippen LogP) is 11.1. The molecule has 0 fully saturated rings. The Labute approximate surface area is 241 Å². The number of hydrogen-bond acceptors (Lipinski definition) is 3. The summed E-state index contributed by atoms with van der Waals surface area (Å²) < 4.78 is 5.86. The molecule has 0 heterocycles. The van der Waals surface area contributed by atoms with Crippen LogP contribution in [-0.2, 0) is 14.3 Å². The molecule has 1 atom stereocenters. The Kier molecular flexibility index (Phi) is 29.2. The molecule has 0 radical (unpaired) electrons. The summed E-state index contributed by atoms with van der Waals surface area (Å²) in [6.45, 7) is 4.41. The standard InChI is InChI=1S/C35H62O4/c1-3-5-7-9-11-13-14-15-16-18-24-28-32-35(38)39-33(29-25-21-17-12-10-8-6-4-2)30-26-22-19-20-23-27-31-34(36)37/h6,8,12,17,25,29,33H,3-5,7,9-11,13-16,18-24,26-28,30-32H2,1-2H3,(H,36,37)/b8-6-,17-12-,29-25-. The van der Waals surface area contributed by atoms with E-state index in [1.165, 1.54) is 64.2 Å². The van der Waals surface area contributed by atoms with Gasteiger partial charge in [0.2, 0.25) is 0 Å². The van der Waals surface area contributed by atoms with Crippen molar-refractivity contribution in [2.24, 2.45) is 0 Å². The molecule has 0 bridgehead atoms. The fraction of sp³-hybridized carbons (Fsp3) is 0.771. The van der Waals surface area contributed by atoms with Crippen LogP contribution in [0.4, 0.5) is 0 Å². The molecular formula is C35H62O4. The van der Waals surface area contributed by atoms with Crippen LogP contribution in [-0.4, -0.2) is 23.1 Å². The van der Waals surface area contributed by atoms with Crippen molar-refractivity contribution in [3.05, 3.63) is 36.5 Å². The normalized spacial score (nSPS) is 12.7. The topological polar surface area (TPSA) is 63.6 Å². The molecule has 0 aliphatic carbocycles. The van der Waals surface area contributed by atoms with Gasteiger partial charge in [-0.15, -0.1) is 0 Å². The van der Waals surface area contributed by atoms with Gasteiger partial charge in [0.1, 0.15) is 6.10 Å². The van der Waals surface area contributed by atoms with Crippen molar-refractivity contribution < 1.29 is 19.4 Å². The van der Waals surface area contributed by atoms with Gasteiger partial charge in [-0.2, -0.15) is 0 Å². The summed E-state index contributed by atoms with van der Waals surface area (Å²) in [4.78, 5) is 23.1. The first kappa shape index (κ1) is 37.2. The SMILES string of the molecule is CC/C=C\C/C=C\C/C=C\C(CCCCCCCCC(=O)O)OC(=O)CCCCCCCCCCCCCC. The minimum Gasteiger partial charge on any atom is -0.481 e. The van der Waals surface area contributed by atoms with Crippen LogP contribution in [0.3, 0.4) is 0 Å². The highest BCUT2D eigenvalue weighted by atomic mass is 16.5. The number of carbonyl (C=O) groups excluding carboxylic acids is 1. The number of allylic oxidation sites excluding steroid dienone is 5. The van der Waals surface area contributed by atoms with Gasteiger partial charge in [0.05, 0.1) is 0 Å². The minimum atomic E-state index is -0.706. The number of esters is 1. The maximum atomic E-state index is 12.5. The lowest BCUT2D eigenvalue weighted by atomic mass is 10.0. The van der Waals surface area contributed by atoms with E-state index in [0.29, 0.717) is 6.42 Å². The molecule has 4 heteroatoms. The summed E-state index contributed by atoms with van der Waals surface area (Å²) in [7, 11) is 0. The Morgan fingerprint density at radius 1 is 0.590 bits per heavy atom. The summed E-state index contributed by atoms with van der Waals surface area (Å²) in [6.07, 6.45) is 38.8. The van der Waals surface area contributed by atoms with Gasteiger partial charge in [-0.25, -0.2) is 0 Å². The number of carboxylic acids is 1. The Balaban J connectivity index is 4.16. The van der Waals surface area contributed by atoms with Crippen molar-refractivity contribution >= 4 is 11.9 Å². The van der Waals surface area contributed by atoms with Crippen molar-refractivity contribution in [1.82, 2.24) is 0 Å². The van der Waals surface area contributed by atoms with Gasteiger partial charge >= 0.3 is 11.9 Å². The van der Waals surface area contributed by atoms with E-state index >= 15 is 0 Å².